The van der Waals surface area contributed by atoms with E-state index in [-0.39, 0.29) is 17.8 Å². The number of rotatable bonds is 3. The second-order valence-corrected chi connectivity index (χ2v) is 5.87. The van der Waals surface area contributed by atoms with Crippen LogP contribution >= 0.6 is 11.6 Å². The largest absolute Gasteiger partial charge is 0.347 e. The predicted molar refractivity (Wildman–Crippen MR) is 77.0 cm³/mol. The Morgan fingerprint density at radius 3 is 2.95 bits per heavy atom. The first-order valence-corrected chi connectivity index (χ1v) is 7.26. The van der Waals surface area contributed by atoms with E-state index in [9.17, 15) is 4.79 Å². The second-order valence-electron chi connectivity index (χ2n) is 5.48. The number of carbonyl (C=O) groups is 1. The fourth-order valence-electron chi connectivity index (χ4n) is 2.58. The molecule has 0 saturated heterocycles. The fourth-order valence-corrected chi connectivity index (χ4v) is 2.82. The van der Waals surface area contributed by atoms with Crippen LogP contribution in [0.5, 0.6) is 0 Å². The topological polar surface area (TPSA) is 59.3 Å². The maximum Gasteiger partial charge on any atom is 0.289 e. The Morgan fingerprint density at radius 2 is 2.30 bits per heavy atom. The normalized spacial score (nSPS) is 16.9. The number of halogens is 1. The van der Waals surface area contributed by atoms with Crippen LogP contribution in [0.3, 0.4) is 0 Å². The number of imidazole rings is 1. The average Bonchev–Trinajstić information content (AvgIpc) is 2.69. The van der Waals surface area contributed by atoms with Gasteiger partial charge in [0.1, 0.15) is 5.15 Å². The first-order chi connectivity index (χ1) is 9.56. The van der Waals surface area contributed by atoms with Crippen LogP contribution in [-0.2, 0) is 0 Å². The van der Waals surface area contributed by atoms with Gasteiger partial charge in [-0.05, 0) is 44.2 Å². The zero-order valence-electron chi connectivity index (χ0n) is 11.6. The molecule has 20 heavy (non-hydrogen) atoms. The second kappa shape index (κ2) is 5.05. The summed E-state index contributed by atoms with van der Waals surface area (Å²) in [5.74, 6) is 0.679. The Labute approximate surface area is 122 Å². The minimum atomic E-state index is -0.196. The van der Waals surface area contributed by atoms with Gasteiger partial charge in [-0.15, -0.1) is 0 Å². The summed E-state index contributed by atoms with van der Waals surface area (Å²) in [6.45, 7) is 3.96. The summed E-state index contributed by atoms with van der Waals surface area (Å²) in [6.07, 6.45) is 5.29. The van der Waals surface area contributed by atoms with E-state index in [4.69, 9.17) is 11.6 Å². The first-order valence-electron chi connectivity index (χ1n) is 6.88. The summed E-state index contributed by atoms with van der Waals surface area (Å²) in [7, 11) is 0. The molecule has 3 rings (SSSR count). The number of hydrogen-bond donors (Lipinski definition) is 1. The molecule has 2 aromatic rings. The number of aromatic nitrogens is 3. The van der Waals surface area contributed by atoms with Gasteiger partial charge in [0.25, 0.3) is 5.91 Å². The van der Waals surface area contributed by atoms with Gasteiger partial charge in [-0.1, -0.05) is 18.0 Å². The molecule has 2 aromatic heterocycles. The standard InChI is InChI=1S/C14H17ClN4O/c1-8-6-12(15)18-19-11(8)7-16-13(19)14(20)17-9(2)10-4-3-5-10/h6-7,9-10H,3-5H2,1-2H3,(H,17,20). The highest BCUT2D eigenvalue weighted by atomic mass is 35.5. The minimum Gasteiger partial charge on any atom is -0.347 e. The van der Waals surface area contributed by atoms with Crippen molar-refractivity contribution in [2.75, 3.05) is 0 Å². The van der Waals surface area contributed by atoms with Crippen molar-refractivity contribution in [2.45, 2.75) is 39.2 Å². The molecule has 1 N–H and O–H groups in total. The summed E-state index contributed by atoms with van der Waals surface area (Å²) < 4.78 is 1.51. The molecule has 6 heteroatoms. The molecule has 1 unspecified atom stereocenters. The molecule has 2 heterocycles. The summed E-state index contributed by atoms with van der Waals surface area (Å²) in [6, 6.07) is 1.93. The van der Waals surface area contributed by atoms with E-state index in [1.165, 1.54) is 23.8 Å². The summed E-state index contributed by atoms with van der Waals surface area (Å²) in [5.41, 5.74) is 1.75. The van der Waals surface area contributed by atoms with Crippen LogP contribution in [0, 0.1) is 12.8 Å². The van der Waals surface area contributed by atoms with Crippen molar-refractivity contribution in [2.24, 2.45) is 5.92 Å². The lowest BCUT2D eigenvalue weighted by molar-refractivity contribution is 0.0897. The number of hydrogen-bond acceptors (Lipinski definition) is 3. The summed E-state index contributed by atoms with van der Waals surface area (Å²) in [5, 5.41) is 7.53. The van der Waals surface area contributed by atoms with Crippen LogP contribution in [0.2, 0.25) is 5.15 Å². The highest BCUT2D eigenvalue weighted by Gasteiger charge is 2.26. The van der Waals surface area contributed by atoms with Gasteiger partial charge in [0.2, 0.25) is 5.82 Å². The zero-order valence-corrected chi connectivity index (χ0v) is 12.3. The molecule has 1 atom stereocenters. The maximum absolute atomic E-state index is 12.3. The Kier molecular flexibility index (Phi) is 3.38. The molecule has 0 bridgehead atoms. The van der Waals surface area contributed by atoms with Crippen LogP contribution < -0.4 is 5.32 Å². The van der Waals surface area contributed by atoms with Gasteiger partial charge in [-0.25, -0.2) is 9.50 Å². The van der Waals surface area contributed by atoms with Crippen molar-refractivity contribution in [3.05, 3.63) is 28.8 Å². The average molecular weight is 293 g/mol. The van der Waals surface area contributed by atoms with Crippen molar-refractivity contribution in [1.29, 1.82) is 0 Å². The van der Waals surface area contributed by atoms with Crippen molar-refractivity contribution in [1.82, 2.24) is 19.9 Å². The lowest BCUT2D eigenvalue weighted by atomic mass is 9.80. The van der Waals surface area contributed by atoms with Crippen LogP contribution in [-0.4, -0.2) is 26.5 Å². The number of carbonyl (C=O) groups excluding carboxylic acids is 1. The molecule has 1 amide bonds. The lowest BCUT2D eigenvalue weighted by Crippen LogP contribution is -2.41. The zero-order chi connectivity index (χ0) is 14.3. The molecule has 0 aromatic carbocycles. The van der Waals surface area contributed by atoms with E-state index in [2.05, 4.69) is 15.4 Å². The summed E-state index contributed by atoms with van der Waals surface area (Å²) in [4.78, 5) is 16.5. The minimum absolute atomic E-state index is 0.170. The molecular formula is C14H17ClN4O. The smallest absolute Gasteiger partial charge is 0.289 e. The quantitative estimate of drug-likeness (QED) is 0.946. The molecular weight excluding hydrogens is 276 g/mol. The van der Waals surface area contributed by atoms with E-state index in [1.807, 2.05) is 13.8 Å². The van der Waals surface area contributed by atoms with Gasteiger partial charge < -0.3 is 5.32 Å². The third kappa shape index (κ3) is 2.26. The van der Waals surface area contributed by atoms with E-state index < -0.39 is 0 Å². The van der Waals surface area contributed by atoms with Crippen LogP contribution in [0.15, 0.2) is 12.3 Å². The number of fused-ring (bicyclic) bond motifs is 1. The molecule has 1 fully saturated rings. The number of aryl methyl sites for hydroxylation is 1. The maximum atomic E-state index is 12.3. The Balaban J connectivity index is 1.87. The van der Waals surface area contributed by atoms with Gasteiger partial charge in [0, 0.05) is 6.04 Å². The summed E-state index contributed by atoms with van der Waals surface area (Å²) >= 11 is 5.95. The number of nitrogens with one attached hydrogen (secondary N) is 1. The molecule has 1 saturated carbocycles. The fraction of sp³-hybridized carbons (Fsp3) is 0.500. The van der Waals surface area contributed by atoms with Gasteiger partial charge in [0.15, 0.2) is 0 Å². The molecule has 1 aliphatic carbocycles. The molecule has 0 radical (unpaired) electrons. The van der Waals surface area contributed by atoms with Crippen LogP contribution in [0.1, 0.15) is 42.4 Å². The van der Waals surface area contributed by atoms with E-state index in [0.29, 0.717) is 11.1 Å². The Bertz CT molecular complexity index is 662. The first kappa shape index (κ1) is 13.4. The van der Waals surface area contributed by atoms with E-state index >= 15 is 0 Å². The van der Waals surface area contributed by atoms with Crippen molar-refractivity contribution >= 4 is 23.0 Å². The highest BCUT2D eigenvalue weighted by molar-refractivity contribution is 6.29. The molecule has 106 valence electrons. The molecule has 0 aliphatic heterocycles. The van der Waals surface area contributed by atoms with E-state index in [1.54, 1.807) is 12.3 Å². The van der Waals surface area contributed by atoms with Gasteiger partial charge in [-0.2, -0.15) is 5.10 Å². The number of amides is 1. The van der Waals surface area contributed by atoms with Crippen molar-refractivity contribution in [3.63, 3.8) is 0 Å². The van der Waals surface area contributed by atoms with Gasteiger partial charge in [-0.3, -0.25) is 4.79 Å². The monoisotopic (exact) mass is 292 g/mol. The molecule has 0 spiro atoms. The molecule has 1 aliphatic rings. The highest BCUT2D eigenvalue weighted by Crippen LogP contribution is 2.29. The third-order valence-electron chi connectivity index (χ3n) is 4.09. The van der Waals surface area contributed by atoms with Crippen molar-refractivity contribution in [3.8, 4) is 0 Å². The Morgan fingerprint density at radius 1 is 1.55 bits per heavy atom. The van der Waals surface area contributed by atoms with E-state index in [0.717, 1.165) is 11.1 Å². The van der Waals surface area contributed by atoms with Gasteiger partial charge >= 0.3 is 0 Å². The van der Waals surface area contributed by atoms with Crippen LogP contribution in [0.25, 0.3) is 5.52 Å². The third-order valence-corrected chi connectivity index (χ3v) is 4.28. The Hall–Kier alpha value is -1.62. The lowest BCUT2D eigenvalue weighted by Gasteiger charge is -2.31. The SMILES string of the molecule is Cc1cc(Cl)nn2c(C(=O)NC(C)C3CCC3)ncc12. The predicted octanol–water partition coefficient (Wildman–Crippen LogP) is 2.61. The van der Waals surface area contributed by atoms with Gasteiger partial charge in [0.05, 0.1) is 11.7 Å². The molecule has 5 nitrogen and oxygen atoms in total. The van der Waals surface area contributed by atoms with Crippen molar-refractivity contribution < 1.29 is 4.79 Å². The van der Waals surface area contributed by atoms with Crippen LogP contribution in [0.4, 0.5) is 0 Å². The number of nitrogens with zero attached hydrogens (tertiary/aromatic N) is 3.